The number of ether oxygens (including phenoxy) is 2. The van der Waals surface area contributed by atoms with Crippen molar-refractivity contribution in [3.8, 4) is 11.5 Å². The van der Waals surface area contributed by atoms with Crippen LogP contribution in [0.2, 0.25) is 0 Å². The highest BCUT2D eigenvalue weighted by atomic mass is 32.2. The molecular weight excluding hydrogens is 1130 g/mol. The predicted molar refractivity (Wildman–Crippen MR) is 353 cm³/mol. The molecule has 1 saturated heterocycles. The Bertz CT molecular complexity index is 3120. The summed E-state index contributed by atoms with van der Waals surface area (Å²) >= 11 is 1.14. The van der Waals surface area contributed by atoms with E-state index >= 15 is 0 Å². The second kappa shape index (κ2) is 38.2. The van der Waals surface area contributed by atoms with E-state index in [0.717, 1.165) is 134 Å². The molecule has 2 aromatic carbocycles. The Morgan fingerprint density at radius 2 is 1.53 bits per heavy atom. The van der Waals surface area contributed by atoms with Crippen LogP contribution in [0.3, 0.4) is 0 Å². The largest absolute Gasteiger partial charge is 0.497 e. The smallest absolute Gasteiger partial charge is 0.269 e. The van der Waals surface area contributed by atoms with Gasteiger partial charge in [-0.1, -0.05) is 111 Å². The van der Waals surface area contributed by atoms with Crippen LogP contribution in [0.5, 0.6) is 11.5 Å². The third-order valence-corrected chi connectivity index (χ3v) is 16.4. The first-order valence-electron chi connectivity index (χ1n) is 32.1. The van der Waals surface area contributed by atoms with Crippen molar-refractivity contribution >= 4 is 52.3 Å². The first-order valence-corrected chi connectivity index (χ1v) is 33.0. The molecule has 88 heavy (non-hydrogen) atoms. The number of likely N-dealkylation sites (N-methyl/N-ethyl adjacent to an activating group) is 1. The van der Waals surface area contributed by atoms with Crippen molar-refractivity contribution < 1.29 is 28.7 Å². The fourth-order valence-corrected chi connectivity index (χ4v) is 11.4. The van der Waals surface area contributed by atoms with Gasteiger partial charge in [0.1, 0.15) is 23.2 Å². The Hall–Kier alpha value is -7.29. The van der Waals surface area contributed by atoms with E-state index in [-0.39, 0.29) is 41.7 Å². The third kappa shape index (κ3) is 22.7. The fraction of sp³-hybridized carbons (Fsp3) is 0.529. The maximum Gasteiger partial charge on any atom is 0.269 e. The van der Waals surface area contributed by atoms with Gasteiger partial charge in [0, 0.05) is 94.6 Å². The molecule has 2 fully saturated rings. The number of methoxy groups -OCH3 is 1. The number of rotatable bonds is 30. The molecule has 478 valence electrons. The zero-order valence-electron chi connectivity index (χ0n) is 53.6. The van der Waals surface area contributed by atoms with Crippen LogP contribution < -0.4 is 40.6 Å². The Labute approximate surface area is 526 Å². The highest BCUT2D eigenvalue weighted by Crippen LogP contribution is 2.26. The molecule has 4 aromatic heterocycles. The predicted octanol–water partition coefficient (Wildman–Crippen LogP) is 10.7. The summed E-state index contributed by atoms with van der Waals surface area (Å²) in [7, 11) is 3.43. The zero-order chi connectivity index (χ0) is 63.0. The van der Waals surface area contributed by atoms with E-state index in [9.17, 15) is 24.0 Å². The molecule has 0 bridgehead atoms. The highest BCUT2D eigenvalue weighted by Gasteiger charge is 2.30. The number of fused-ring (bicyclic) bond motifs is 1. The van der Waals surface area contributed by atoms with Crippen LogP contribution in [0.25, 0.3) is 11.0 Å². The summed E-state index contributed by atoms with van der Waals surface area (Å²) in [5.41, 5.74) is 6.99. The molecule has 2 aliphatic rings. The summed E-state index contributed by atoms with van der Waals surface area (Å²) in [6.45, 7) is 18.9. The molecule has 8 rings (SSSR count). The number of anilines is 1. The number of carbonyl (C=O) groups is 4. The van der Waals surface area contributed by atoms with Crippen molar-refractivity contribution in [2.75, 3.05) is 71.5 Å². The lowest BCUT2D eigenvalue weighted by molar-refractivity contribution is -0.129. The van der Waals surface area contributed by atoms with Crippen molar-refractivity contribution in [2.24, 2.45) is 5.92 Å². The lowest BCUT2D eigenvalue weighted by Crippen LogP contribution is -2.49. The first kappa shape index (κ1) is 69.8. The molecule has 20 heteroatoms. The van der Waals surface area contributed by atoms with Crippen LogP contribution in [0.1, 0.15) is 168 Å². The van der Waals surface area contributed by atoms with Gasteiger partial charge in [-0.3, -0.25) is 43.3 Å². The molecule has 0 spiro atoms. The van der Waals surface area contributed by atoms with E-state index in [1.54, 1.807) is 47.4 Å². The number of amides is 4. The number of nitrogens with zero attached hydrogens (tertiary/aromatic N) is 7. The number of aryl methyl sites for hydroxylation is 2. The second-order valence-corrected chi connectivity index (χ2v) is 23.7. The number of nitrogens with one attached hydrogen (secondary N) is 5. The third-order valence-electron chi connectivity index (χ3n) is 15.7. The van der Waals surface area contributed by atoms with Crippen molar-refractivity contribution in [3.63, 3.8) is 0 Å². The number of piperazine rings is 1. The maximum absolute atomic E-state index is 13.9. The van der Waals surface area contributed by atoms with E-state index in [2.05, 4.69) is 78.2 Å². The minimum atomic E-state index is -0.748. The van der Waals surface area contributed by atoms with Gasteiger partial charge in [0.25, 0.3) is 23.3 Å². The minimum absolute atomic E-state index is 0.000280. The normalized spacial score (nSPS) is 13.6. The van der Waals surface area contributed by atoms with E-state index in [1.807, 2.05) is 81.7 Å². The molecule has 5 heterocycles. The van der Waals surface area contributed by atoms with Gasteiger partial charge in [-0.15, -0.1) is 0 Å². The quantitative estimate of drug-likeness (QED) is 0.0209. The lowest BCUT2D eigenvalue weighted by Gasteiger charge is -2.36. The molecule has 0 radical (unpaired) electrons. The van der Waals surface area contributed by atoms with Crippen molar-refractivity contribution in [1.82, 2.24) is 55.2 Å². The Balaban J connectivity index is 0.00000127. The number of hydrogen-bond donors (Lipinski definition) is 5. The van der Waals surface area contributed by atoms with Gasteiger partial charge < -0.3 is 40.2 Å². The van der Waals surface area contributed by atoms with Crippen LogP contribution in [-0.2, 0) is 42.1 Å². The van der Waals surface area contributed by atoms with Gasteiger partial charge in [0.2, 0.25) is 5.91 Å². The van der Waals surface area contributed by atoms with Crippen LogP contribution in [0.15, 0.2) is 101 Å². The van der Waals surface area contributed by atoms with E-state index in [1.165, 1.54) is 44.9 Å². The fourth-order valence-electron chi connectivity index (χ4n) is 10.8. The summed E-state index contributed by atoms with van der Waals surface area (Å²) in [4.78, 5) is 85.3. The lowest BCUT2D eigenvalue weighted by atomic mass is 9.89. The van der Waals surface area contributed by atoms with Gasteiger partial charge in [0.15, 0.2) is 0 Å². The van der Waals surface area contributed by atoms with Gasteiger partial charge >= 0.3 is 0 Å². The number of hydrogen-bond acceptors (Lipinski definition) is 14. The Morgan fingerprint density at radius 1 is 0.795 bits per heavy atom. The molecule has 1 aliphatic carbocycles. The van der Waals surface area contributed by atoms with Crippen LogP contribution >= 0.6 is 11.9 Å². The van der Waals surface area contributed by atoms with Crippen molar-refractivity contribution in [2.45, 2.75) is 168 Å². The zero-order valence-corrected chi connectivity index (χ0v) is 54.4. The molecule has 1 unspecified atom stereocenters. The number of carbonyl (C=O) groups excluding carboxylic acids is 4. The molecule has 6 aromatic rings. The first-order chi connectivity index (χ1) is 42.8. The summed E-state index contributed by atoms with van der Waals surface area (Å²) in [5, 5.41) is 13.7. The monoisotopic (exact) mass is 1230 g/mol. The van der Waals surface area contributed by atoms with Gasteiger partial charge in [0.05, 0.1) is 60.8 Å². The van der Waals surface area contributed by atoms with Crippen LogP contribution in [0.4, 0.5) is 5.69 Å². The minimum Gasteiger partial charge on any atom is -0.497 e. The molecule has 4 amide bonds. The molecular formula is C68H98N12O7S. The molecule has 5 N–H and O–H groups in total. The number of aromatic amines is 1. The van der Waals surface area contributed by atoms with E-state index in [0.29, 0.717) is 61.1 Å². The number of benzene rings is 2. The highest BCUT2D eigenvalue weighted by molar-refractivity contribution is 7.98. The molecule has 1 atom stereocenters. The maximum atomic E-state index is 13.9. The van der Waals surface area contributed by atoms with Crippen molar-refractivity contribution in [3.05, 3.63) is 135 Å². The Kier molecular flexibility index (Phi) is 30.3. The number of unbranched alkanes of at least 4 members (excludes halogenated alkanes) is 1. The van der Waals surface area contributed by atoms with Crippen molar-refractivity contribution in [1.29, 1.82) is 0 Å². The van der Waals surface area contributed by atoms with Gasteiger partial charge in [-0.05, 0) is 117 Å². The molecule has 19 nitrogen and oxygen atoms in total. The number of aromatic nitrogens is 5. The van der Waals surface area contributed by atoms with Crippen LogP contribution in [-0.4, -0.2) is 131 Å². The molecule has 1 saturated carbocycles. The van der Waals surface area contributed by atoms with Crippen LogP contribution in [0, 0.1) is 5.92 Å². The summed E-state index contributed by atoms with van der Waals surface area (Å²) in [6.07, 6.45) is 23.7. The van der Waals surface area contributed by atoms with Gasteiger partial charge in [-0.25, -0.2) is 4.98 Å². The standard InChI is InChI=1S/C59H78N12O7S.C6H12.C3H8/c1-7-14-44(15-8-2)55(66-57(74)45-18-13-17-41(30-45)16-11-12-24-68(5)54(72)38-60-35-46-19-21-48(77-6)33-53(46)78-10-4)59(76)67-79-49-37-64-71(40-49)25-23-61-58(75)50-22-20-47(36-63-50)70-28-26-69(27-29-70)39-42-31-52-51(62-34-42)32-43(9-3)56(73)65-52;1-2-4-6-5-3-1;1-3-2/h13,17-22,30-34,36-37,40,44,55,60H,7-12,14-16,23-29,35,38-39H2,1-6H3,(H,61,75)(H,65,73)(H,66,74)(H,67,76);1-6H2;3H2,1-2H3. The summed E-state index contributed by atoms with van der Waals surface area (Å²) in [5.74, 6) is 0.511. The number of pyridine rings is 3. The topological polar surface area (TPSA) is 221 Å². The summed E-state index contributed by atoms with van der Waals surface area (Å²) in [6, 6.07) is 20.0. The average Bonchev–Trinajstić information content (AvgIpc) is 3.05. The average molecular weight is 1230 g/mol. The van der Waals surface area contributed by atoms with E-state index < -0.39 is 6.04 Å². The summed E-state index contributed by atoms with van der Waals surface area (Å²) < 4.78 is 15.8. The van der Waals surface area contributed by atoms with E-state index in [4.69, 9.17) is 9.47 Å². The Morgan fingerprint density at radius 3 is 2.20 bits per heavy atom. The molecule has 1 aliphatic heterocycles. The van der Waals surface area contributed by atoms with Gasteiger partial charge in [-0.2, -0.15) is 5.10 Å². The SMILES string of the molecule is C1CCCCC1.CCC.CCCC(CCC)C(NC(=O)c1cccc(CCCCN(C)C(=O)CNCc2ccc(OC)cc2OCC)c1)C(=O)NSc1cnn(CCNC(=O)c2ccc(N3CCN(Cc4cnc5cc(CC)c(=O)[nH]c5c4)CC3)cn2)c1. The second-order valence-electron chi connectivity index (χ2n) is 22.8. The number of H-pyrrole nitrogens is 1.